The van der Waals surface area contributed by atoms with E-state index < -0.39 is 22.3 Å². The Balaban J connectivity index is 1.81. The van der Waals surface area contributed by atoms with Crippen molar-refractivity contribution in [1.29, 1.82) is 0 Å². The third-order valence-corrected chi connectivity index (χ3v) is 7.83. The van der Waals surface area contributed by atoms with Gasteiger partial charge >= 0.3 is 6.09 Å². The molecule has 0 fully saturated rings. The van der Waals surface area contributed by atoms with Crippen molar-refractivity contribution in [1.82, 2.24) is 5.32 Å². The highest BCUT2D eigenvalue weighted by Gasteiger charge is 2.24. The molecule has 10 heteroatoms. The van der Waals surface area contributed by atoms with E-state index in [2.05, 4.69) is 5.32 Å². The summed E-state index contributed by atoms with van der Waals surface area (Å²) in [5, 5.41) is 3.20. The number of hydrogen-bond donors (Lipinski definition) is 2. The molecule has 0 radical (unpaired) electrons. The summed E-state index contributed by atoms with van der Waals surface area (Å²) in [5.41, 5.74) is 2.84. The quantitative estimate of drug-likeness (QED) is 0.239. The summed E-state index contributed by atoms with van der Waals surface area (Å²) in [7, 11) is -1.20. The van der Waals surface area contributed by atoms with Crippen molar-refractivity contribution in [3.05, 3.63) is 107 Å². The lowest BCUT2D eigenvalue weighted by atomic mass is 10.0. The first-order chi connectivity index (χ1) is 18.8. The van der Waals surface area contributed by atoms with Crippen molar-refractivity contribution in [3.63, 3.8) is 0 Å². The number of nitrogens with one attached hydrogen (secondary N) is 1. The van der Waals surface area contributed by atoms with Crippen molar-refractivity contribution in [3.8, 4) is 11.5 Å². The molecule has 2 unspecified atom stereocenters. The van der Waals surface area contributed by atoms with Gasteiger partial charge in [0.1, 0.15) is 18.1 Å². The molecular formula is C29H33NO7S2. The van der Waals surface area contributed by atoms with E-state index in [0.29, 0.717) is 24.0 Å². The van der Waals surface area contributed by atoms with Crippen LogP contribution in [0.4, 0.5) is 4.79 Å². The Hall–Kier alpha value is -3.47. The number of ether oxygens (including phenoxy) is 3. The van der Waals surface area contributed by atoms with E-state index in [-0.39, 0.29) is 11.9 Å². The maximum Gasteiger partial charge on any atom is 0.407 e. The number of carbonyl (C=O) groups is 1. The second-order valence-electron chi connectivity index (χ2n) is 8.62. The Labute approximate surface area is 234 Å². The van der Waals surface area contributed by atoms with Crippen LogP contribution in [0, 0.1) is 0 Å². The highest BCUT2D eigenvalue weighted by atomic mass is 32.2. The van der Waals surface area contributed by atoms with Crippen LogP contribution in [-0.2, 0) is 33.6 Å². The molecule has 0 aliphatic rings. The predicted octanol–water partition coefficient (Wildman–Crippen LogP) is 5.63. The van der Waals surface area contributed by atoms with Gasteiger partial charge in [0.2, 0.25) is 0 Å². The molecular weight excluding hydrogens is 538 g/mol. The molecule has 3 rings (SSSR count). The van der Waals surface area contributed by atoms with E-state index >= 15 is 0 Å². The minimum absolute atomic E-state index is 0.0618. The molecule has 0 saturated heterocycles. The van der Waals surface area contributed by atoms with E-state index in [1.165, 1.54) is 6.08 Å². The lowest BCUT2D eigenvalue weighted by Gasteiger charge is -2.26. The summed E-state index contributed by atoms with van der Waals surface area (Å²) in [6, 6.07) is 23.8. The fourth-order valence-corrected chi connectivity index (χ4v) is 5.47. The van der Waals surface area contributed by atoms with Crippen LogP contribution in [0.15, 0.2) is 90.3 Å². The summed E-state index contributed by atoms with van der Waals surface area (Å²) >= 11 is 1.56. The first kappa shape index (κ1) is 30.1. The van der Waals surface area contributed by atoms with Crippen LogP contribution in [0.1, 0.15) is 23.1 Å². The fourth-order valence-electron chi connectivity index (χ4n) is 3.85. The molecule has 0 saturated carbocycles. The summed E-state index contributed by atoms with van der Waals surface area (Å²) in [4.78, 5) is 12.8. The van der Waals surface area contributed by atoms with Crippen LogP contribution in [-0.4, -0.2) is 44.6 Å². The lowest BCUT2D eigenvalue weighted by Crippen LogP contribution is -2.41. The molecule has 3 aromatic rings. The van der Waals surface area contributed by atoms with Gasteiger partial charge in [0.15, 0.2) is 0 Å². The molecule has 0 bridgehead atoms. The van der Waals surface area contributed by atoms with Crippen LogP contribution in [0.5, 0.6) is 11.5 Å². The van der Waals surface area contributed by atoms with E-state index in [1.54, 1.807) is 26.0 Å². The topological polar surface area (TPSA) is 111 Å². The summed E-state index contributed by atoms with van der Waals surface area (Å²) < 4.78 is 48.6. The Morgan fingerprint density at radius 1 is 0.949 bits per heavy atom. The number of benzene rings is 3. The molecule has 2 N–H and O–H groups in total. The molecule has 0 spiro atoms. The second kappa shape index (κ2) is 15.2. The number of amides is 1. The maximum absolute atomic E-state index is 12.8. The number of thioether (sulfide) groups is 1. The van der Waals surface area contributed by atoms with Gasteiger partial charge in [-0.1, -0.05) is 60.7 Å². The summed E-state index contributed by atoms with van der Waals surface area (Å²) in [6.07, 6.45) is 1.77. The molecule has 0 aromatic heterocycles. The Morgan fingerprint density at radius 3 is 2.31 bits per heavy atom. The monoisotopic (exact) mass is 571 g/mol. The minimum Gasteiger partial charge on any atom is -0.497 e. The number of rotatable bonds is 14. The molecule has 0 aliphatic carbocycles. The number of alkyl carbamates (subject to hydrolysis) is 1. The van der Waals surface area contributed by atoms with Crippen LogP contribution in [0.25, 0.3) is 0 Å². The molecule has 0 heterocycles. The van der Waals surface area contributed by atoms with Gasteiger partial charge in [-0.05, 0) is 53.8 Å². The molecule has 8 nitrogen and oxygen atoms in total. The van der Waals surface area contributed by atoms with Crippen LogP contribution in [0.3, 0.4) is 0 Å². The Bertz CT molecular complexity index is 1310. The van der Waals surface area contributed by atoms with E-state index in [1.807, 2.05) is 78.9 Å². The zero-order chi connectivity index (χ0) is 28.1. The van der Waals surface area contributed by atoms with Gasteiger partial charge in [-0.2, -0.15) is 20.2 Å². The Morgan fingerprint density at radius 2 is 1.64 bits per heavy atom. The van der Waals surface area contributed by atoms with Crippen molar-refractivity contribution in [2.75, 3.05) is 14.2 Å². The number of para-hydroxylation sites is 1. The highest BCUT2D eigenvalue weighted by Crippen LogP contribution is 2.29. The summed E-state index contributed by atoms with van der Waals surface area (Å²) in [6.45, 7) is 0.0618. The van der Waals surface area contributed by atoms with Gasteiger partial charge in [-0.15, -0.1) is 0 Å². The standard InChI is InChI=1S/C29H33NO7S2/c1-35-25-15-12-23(13-16-25)21-38-28(17-14-24-10-6-7-11-27(24)36-2)26(18-19-39(32,33)34)30-29(31)37-20-22-8-4-3-5-9-22/h3-13,15-16,18-19,26,28H,14,17,20-21H2,1-2H3,(H,30,31)(H,32,33,34). The van der Waals surface area contributed by atoms with Crippen molar-refractivity contribution in [2.24, 2.45) is 0 Å². The minimum atomic E-state index is -4.41. The molecule has 39 heavy (non-hydrogen) atoms. The third-order valence-electron chi connectivity index (χ3n) is 5.87. The van der Waals surface area contributed by atoms with Gasteiger partial charge in [-0.3, -0.25) is 4.55 Å². The second-order valence-corrected chi connectivity index (χ2v) is 11.2. The molecule has 3 aromatic carbocycles. The van der Waals surface area contributed by atoms with Crippen molar-refractivity contribution >= 4 is 28.0 Å². The average molecular weight is 572 g/mol. The Kier molecular flexibility index (Phi) is 11.7. The molecule has 2 atom stereocenters. The smallest absolute Gasteiger partial charge is 0.407 e. The van der Waals surface area contributed by atoms with Crippen LogP contribution >= 0.6 is 11.8 Å². The van der Waals surface area contributed by atoms with E-state index in [0.717, 1.165) is 28.2 Å². The van der Waals surface area contributed by atoms with Crippen LogP contribution < -0.4 is 14.8 Å². The van der Waals surface area contributed by atoms with Crippen molar-refractivity contribution < 1.29 is 32.0 Å². The number of carbonyl (C=O) groups excluding carboxylic acids is 1. The largest absolute Gasteiger partial charge is 0.497 e. The molecule has 1 amide bonds. The zero-order valence-corrected chi connectivity index (χ0v) is 23.5. The normalized spacial score (nSPS) is 13.0. The highest BCUT2D eigenvalue weighted by molar-refractivity contribution is 7.99. The van der Waals surface area contributed by atoms with Gasteiger partial charge in [0, 0.05) is 11.0 Å². The average Bonchev–Trinajstić information content (AvgIpc) is 2.95. The van der Waals surface area contributed by atoms with Crippen LogP contribution in [0.2, 0.25) is 0 Å². The third kappa shape index (κ3) is 10.7. The number of methoxy groups -OCH3 is 2. The maximum atomic E-state index is 12.8. The number of hydrogen-bond acceptors (Lipinski definition) is 7. The number of aryl methyl sites for hydroxylation is 1. The van der Waals surface area contributed by atoms with Gasteiger partial charge in [-0.25, -0.2) is 4.79 Å². The summed E-state index contributed by atoms with van der Waals surface area (Å²) in [5.74, 6) is 2.09. The first-order valence-electron chi connectivity index (χ1n) is 12.3. The zero-order valence-electron chi connectivity index (χ0n) is 21.9. The molecule has 0 aliphatic heterocycles. The van der Waals surface area contributed by atoms with Gasteiger partial charge in [0.25, 0.3) is 10.1 Å². The SMILES string of the molecule is COc1ccc(CSC(CCc2ccccc2OC)C(C=CS(=O)(=O)O)NC(=O)OCc2ccccc2)cc1. The van der Waals surface area contributed by atoms with E-state index in [9.17, 15) is 17.8 Å². The lowest BCUT2D eigenvalue weighted by molar-refractivity contribution is 0.137. The van der Waals surface area contributed by atoms with E-state index in [4.69, 9.17) is 14.2 Å². The fraction of sp³-hybridized carbons (Fsp3) is 0.276. The van der Waals surface area contributed by atoms with Gasteiger partial charge < -0.3 is 19.5 Å². The molecule has 208 valence electrons. The van der Waals surface area contributed by atoms with Crippen molar-refractivity contribution in [2.45, 2.75) is 36.5 Å². The van der Waals surface area contributed by atoms with Gasteiger partial charge in [0.05, 0.1) is 25.7 Å². The predicted molar refractivity (Wildman–Crippen MR) is 154 cm³/mol. The first-order valence-corrected chi connectivity index (χ1v) is 14.8.